The van der Waals surface area contributed by atoms with Gasteiger partial charge >= 0.3 is 12.1 Å². The van der Waals surface area contributed by atoms with E-state index >= 15 is 0 Å². The summed E-state index contributed by atoms with van der Waals surface area (Å²) in [5.41, 5.74) is 1.33. The second-order valence-corrected chi connectivity index (χ2v) is 8.53. The molecule has 0 aromatic heterocycles. The molecule has 7 nitrogen and oxygen atoms in total. The van der Waals surface area contributed by atoms with Gasteiger partial charge in [-0.3, -0.25) is 5.32 Å². The van der Waals surface area contributed by atoms with Gasteiger partial charge in [0.2, 0.25) is 0 Å². The fraction of sp³-hybridized carbons (Fsp3) is 0.227. The van der Waals surface area contributed by atoms with Crippen molar-refractivity contribution in [2.45, 2.75) is 25.9 Å². The van der Waals surface area contributed by atoms with Crippen LogP contribution >= 0.6 is 31.9 Å². The zero-order valence-electron chi connectivity index (χ0n) is 16.5. The molecule has 0 saturated carbocycles. The van der Waals surface area contributed by atoms with Crippen LogP contribution in [0, 0.1) is 17.2 Å². The fourth-order valence-electron chi connectivity index (χ4n) is 2.87. The molecule has 162 valence electrons. The van der Waals surface area contributed by atoms with Crippen molar-refractivity contribution in [1.29, 1.82) is 5.26 Å². The minimum atomic E-state index is -1.03. The molecule has 2 atom stereocenters. The standard InChI is InChI=1S/C22H20Br2N2O5/c1-13(4-2-3-5-19(27)28)21(17-10-15(23)11-18(24)20(17)29)31-22(30)26-16-8-6-14(12-25)7-9-16/h3,5-11,13,21,29H,2,4H2,1H3,(H,26,30)(H,27,28)/b5-3+/t13-,21-/m1/s1. The van der Waals surface area contributed by atoms with Gasteiger partial charge in [0.25, 0.3) is 0 Å². The number of carboxylic acid groups (broad SMARTS) is 1. The summed E-state index contributed by atoms with van der Waals surface area (Å²) in [7, 11) is 0. The number of allylic oxidation sites excluding steroid dienone is 1. The third kappa shape index (κ3) is 7.42. The molecule has 0 aliphatic rings. The summed E-state index contributed by atoms with van der Waals surface area (Å²) in [6.07, 6.45) is 2.04. The van der Waals surface area contributed by atoms with Crippen molar-refractivity contribution in [1.82, 2.24) is 0 Å². The summed E-state index contributed by atoms with van der Waals surface area (Å²) in [5, 5.41) is 30.8. The second-order valence-electron chi connectivity index (χ2n) is 6.76. The van der Waals surface area contributed by atoms with Crippen LogP contribution in [0.25, 0.3) is 0 Å². The number of hydrogen-bond donors (Lipinski definition) is 3. The smallest absolute Gasteiger partial charge is 0.412 e. The number of nitrogens with one attached hydrogen (secondary N) is 1. The van der Waals surface area contributed by atoms with Crippen LogP contribution in [0.1, 0.15) is 37.0 Å². The van der Waals surface area contributed by atoms with Gasteiger partial charge in [-0.1, -0.05) is 28.9 Å². The third-order valence-electron chi connectivity index (χ3n) is 4.42. The van der Waals surface area contributed by atoms with Crippen molar-refractivity contribution in [3.05, 3.63) is 68.6 Å². The maximum atomic E-state index is 12.6. The van der Waals surface area contributed by atoms with Crippen LogP contribution in [0.5, 0.6) is 5.75 Å². The summed E-state index contributed by atoms with van der Waals surface area (Å²) in [5.74, 6) is -1.32. The van der Waals surface area contributed by atoms with Gasteiger partial charge in [0, 0.05) is 21.8 Å². The summed E-state index contributed by atoms with van der Waals surface area (Å²) in [6.45, 7) is 1.85. The Kier molecular flexibility index (Phi) is 9.09. The quantitative estimate of drug-likeness (QED) is 0.339. The van der Waals surface area contributed by atoms with E-state index in [1.807, 2.05) is 13.0 Å². The van der Waals surface area contributed by atoms with Crippen LogP contribution in [0.2, 0.25) is 0 Å². The molecule has 0 unspecified atom stereocenters. The highest BCUT2D eigenvalue weighted by Gasteiger charge is 2.27. The Labute approximate surface area is 196 Å². The molecule has 0 spiro atoms. The van der Waals surface area contributed by atoms with Gasteiger partial charge in [-0.05, 0) is 71.1 Å². The monoisotopic (exact) mass is 550 g/mol. The topological polar surface area (TPSA) is 120 Å². The van der Waals surface area contributed by atoms with Crippen molar-refractivity contribution in [3.8, 4) is 11.8 Å². The molecular formula is C22H20Br2N2O5. The average molecular weight is 552 g/mol. The zero-order chi connectivity index (χ0) is 23.0. The normalized spacial score (nSPS) is 12.7. The largest absolute Gasteiger partial charge is 0.506 e. The first-order valence-corrected chi connectivity index (χ1v) is 10.8. The van der Waals surface area contributed by atoms with E-state index in [1.54, 1.807) is 36.4 Å². The van der Waals surface area contributed by atoms with Crippen molar-refractivity contribution in [2.24, 2.45) is 5.92 Å². The molecule has 31 heavy (non-hydrogen) atoms. The number of hydrogen-bond acceptors (Lipinski definition) is 5. The molecule has 0 fully saturated rings. The van der Waals surface area contributed by atoms with Crippen LogP contribution in [0.15, 0.2) is 57.5 Å². The molecule has 0 bridgehead atoms. The molecule has 0 aliphatic heterocycles. The number of rotatable bonds is 8. The SMILES string of the molecule is C[C@H](CC/C=C/C(=O)O)[C@@H](OC(=O)Nc1ccc(C#N)cc1)c1cc(Br)cc(Br)c1O. The maximum absolute atomic E-state index is 12.6. The molecule has 2 aromatic carbocycles. The highest BCUT2D eigenvalue weighted by Crippen LogP contribution is 2.40. The number of nitriles is 1. The second kappa shape index (κ2) is 11.5. The number of carbonyl (C=O) groups excluding carboxylic acids is 1. The first-order valence-electron chi connectivity index (χ1n) is 9.26. The number of carbonyl (C=O) groups is 2. The summed E-state index contributed by atoms with van der Waals surface area (Å²) < 4.78 is 6.80. The van der Waals surface area contributed by atoms with Gasteiger partial charge in [0.1, 0.15) is 11.9 Å². The van der Waals surface area contributed by atoms with Crippen molar-refractivity contribution >= 4 is 49.6 Å². The van der Waals surface area contributed by atoms with Gasteiger partial charge in [-0.25, -0.2) is 9.59 Å². The van der Waals surface area contributed by atoms with Crippen LogP contribution in [0.4, 0.5) is 10.5 Å². The summed E-state index contributed by atoms with van der Waals surface area (Å²) >= 11 is 6.67. The van der Waals surface area contributed by atoms with E-state index in [2.05, 4.69) is 37.2 Å². The molecule has 3 N–H and O–H groups in total. The molecule has 0 heterocycles. The Bertz CT molecular complexity index is 1020. The molecular weight excluding hydrogens is 532 g/mol. The Morgan fingerprint density at radius 1 is 1.26 bits per heavy atom. The van der Waals surface area contributed by atoms with Crippen LogP contribution in [-0.4, -0.2) is 22.3 Å². The van der Waals surface area contributed by atoms with Crippen LogP contribution in [-0.2, 0) is 9.53 Å². The number of halogens is 2. The predicted octanol–water partition coefficient (Wildman–Crippen LogP) is 6.14. The van der Waals surface area contributed by atoms with Gasteiger partial charge < -0.3 is 14.9 Å². The third-order valence-corrected chi connectivity index (χ3v) is 5.49. The lowest BCUT2D eigenvalue weighted by Crippen LogP contribution is -2.22. The highest BCUT2D eigenvalue weighted by atomic mass is 79.9. The average Bonchev–Trinajstić information content (AvgIpc) is 2.72. The van der Waals surface area contributed by atoms with E-state index in [0.29, 0.717) is 38.6 Å². The lowest BCUT2D eigenvalue weighted by Gasteiger charge is -2.26. The Hall–Kier alpha value is -2.83. The minimum absolute atomic E-state index is 0.0488. The first kappa shape index (κ1) is 24.4. The number of aliphatic carboxylic acids is 1. The molecule has 0 radical (unpaired) electrons. The zero-order valence-corrected chi connectivity index (χ0v) is 19.7. The predicted molar refractivity (Wildman–Crippen MR) is 123 cm³/mol. The number of nitrogens with zero attached hydrogens (tertiary/aromatic N) is 1. The lowest BCUT2D eigenvalue weighted by atomic mass is 9.92. The summed E-state index contributed by atoms with van der Waals surface area (Å²) in [6, 6.07) is 11.7. The van der Waals surface area contributed by atoms with Crippen molar-refractivity contribution in [3.63, 3.8) is 0 Å². The van der Waals surface area contributed by atoms with E-state index in [9.17, 15) is 14.7 Å². The van der Waals surface area contributed by atoms with Crippen molar-refractivity contribution in [2.75, 3.05) is 5.32 Å². The number of phenolic OH excluding ortho intramolecular Hbond substituents is 1. The molecule has 2 rings (SSSR count). The lowest BCUT2D eigenvalue weighted by molar-refractivity contribution is -0.131. The van der Waals surface area contributed by atoms with Gasteiger partial charge in [-0.2, -0.15) is 5.26 Å². The van der Waals surface area contributed by atoms with Crippen LogP contribution in [0.3, 0.4) is 0 Å². The Balaban J connectivity index is 2.23. The molecule has 2 aromatic rings. The number of benzene rings is 2. The van der Waals surface area contributed by atoms with E-state index in [-0.39, 0.29) is 11.7 Å². The van der Waals surface area contributed by atoms with E-state index in [0.717, 1.165) is 6.08 Å². The van der Waals surface area contributed by atoms with Gasteiger partial charge in [0.15, 0.2) is 0 Å². The van der Waals surface area contributed by atoms with Gasteiger partial charge in [0.05, 0.1) is 16.1 Å². The van der Waals surface area contributed by atoms with E-state index in [4.69, 9.17) is 15.1 Å². The number of anilines is 1. The molecule has 0 saturated heterocycles. The molecule has 9 heteroatoms. The Morgan fingerprint density at radius 3 is 2.55 bits per heavy atom. The number of phenols is 1. The van der Waals surface area contributed by atoms with Crippen molar-refractivity contribution < 1.29 is 24.5 Å². The molecule has 0 aliphatic carbocycles. The number of aromatic hydroxyl groups is 1. The number of amides is 1. The Morgan fingerprint density at radius 2 is 1.94 bits per heavy atom. The maximum Gasteiger partial charge on any atom is 0.412 e. The minimum Gasteiger partial charge on any atom is -0.506 e. The highest BCUT2D eigenvalue weighted by molar-refractivity contribution is 9.11. The molecule has 1 amide bonds. The van der Waals surface area contributed by atoms with Crippen LogP contribution < -0.4 is 5.32 Å². The van der Waals surface area contributed by atoms with E-state index in [1.165, 1.54) is 6.08 Å². The number of ether oxygens (including phenoxy) is 1. The first-order chi connectivity index (χ1) is 14.7. The fourth-order valence-corrected chi connectivity index (χ4v) is 4.13. The summed E-state index contributed by atoms with van der Waals surface area (Å²) in [4.78, 5) is 23.2. The van der Waals surface area contributed by atoms with Gasteiger partial charge in [-0.15, -0.1) is 0 Å². The number of carboxylic acids is 1. The van der Waals surface area contributed by atoms with E-state index < -0.39 is 18.2 Å².